The molecule has 2 rings (SSSR count). The van der Waals surface area contributed by atoms with Crippen LogP contribution in [0.1, 0.15) is 24.1 Å². The fraction of sp³-hybridized carbons (Fsp3) is 0.667. The molecule has 0 spiro atoms. The van der Waals surface area contributed by atoms with Crippen molar-refractivity contribution in [2.24, 2.45) is 4.99 Å². The second kappa shape index (κ2) is 11.3. The summed E-state index contributed by atoms with van der Waals surface area (Å²) in [6.45, 7) is 5.53. The summed E-state index contributed by atoms with van der Waals surface area (Å²) >= 11 is 1.81. The number of hydrogen-bond acceptors (Lipinski definition) is 3. The molecule has 0 aliphatic carbocycles. The quantitative estimate of drug-likeness (QED) is 0.421. The van der Waals surface area contributed by atoms with E-state index in [0.717, 1.165) is 32.0 Å². The zero-order valence-electron chi connectivity index (χ0n) is 12.8. The highest BCUT2D eigenvalue weighted by atomic mass is 127. The number of nitrogens with zero attached hydrogens (tertiary/aromatic N) is 2. The number of guanidine groups is 1. The van der Waals surface area contributed by atoms with Crippen LogP contribution in [0.25, 0.3) is 0 Å². The maximum absolute atomic E-state index is 4.27. The predicted molar refractivity (Wildman–Crippen MR) is 103 cm³/mol. The second-order valence-electron chi connectivity index (χ2n) is 5.16. The lowest BCUT2D eigenvalue weighted by Gasteiger charge is -2.26. The second-order valence-corrected chi connectivity index (χ2v) is 6.19. The Kier molecular flexibility index (Phi) is 10.0. The van der Waals surface area contributed by atoms with Gasteiger partial charge in [0.1, 0.15) is 0 Å². The molecule has 21 heavy (non-hydrogen) atoms. The first-order valence-corrected chi connectivity index (χ1v) is 8.45. The molecule has 120 valence electrons. The number of rotatable bonds is 6. The van der Waals surface area contributed by atoms with Gasteiger partial charge in [0.2, 0.25) is 0 Å². The van der Waals surface area contributed by atoms with Crippen LogP contribution in [0.2, 0.25) is 0 Å². The molecular weight excluding hydrogens is 395 g/mol. The molecule has 0 unspecified atom stereocenters. The van der Waals surface area contributed by atoms with E-state index in [2.05, 4.69) is 38.0 Å². The van der Waals surface area contributed by atoms with Crippen molar-refractivity contribution >= 4 is 41.3 Å². The Bertz CT molecular complexity index is 388. The average Bonchev–Trinajstić information content (AvgIpc) is 3.00. The minimum absolute atomic E-state index is 0. The molecule has 0 bridgehead atoms. The zero-order chi connectivity index (χ0) is 14.0. The van der Waals surface area contributed by atoms with Crippen LogP contribution in [0.5, 0.6) is 0 Å². The first-order chi connectivity index (χ1) is 9.88. The lowest BCUT2D eigenvalue weighted by Crippen LogP contribution is -2.43. The fourth-order valence-electron chi connectivity index (χ4n) is 2.49. The lowest BCUT2D eigenvalue weighted by molar-refractivity contribution is 0.232. The molecule has 1 aliphatic rings. The number of nitrogens with one attached hydrogen (secondary N) is 2. The van der Waals surface area contributed by atoms with E-state index in [-0.39, 0.29) is 24.0 Å². The van der Waals surface area contributed by atoms with E-state index < -0.39 is 0 Å². The molecule has 2 heterocycles. The van der Waals surface area contributed by atoms with Gasteiger partial charge >= 0.3 is 0 Å². The maximum Gasteiger partial charge on any atom is 0.191 e. The van der Waals surface area contributed by atoms with Crippen molar-refractivity contribution in [3.63, 3.8) is 0 Å². The molecule has 6 heteroatoms. The summed E-state index contributed by atoms with van der Waals surface area (Å²) in [4.78, 5) is 8.22. The van der Waals surface area contributed by atoms with Crippen LogP contribution >= 0.6 is 35.3 Å². The number of halogens is 1. The molecule has 1 aromatic rings. The van der Waals surface area contributed by atoms with Gasteiger partial charge in [0.05, 0.1) is 0 Å². The first kappa shape index (κ1) is 18.7. The summed E-state index contributed by atoms with van der Waals surface area (Å²) in [5, 5.41) is 8.90. The smallest absolute Gasteiger partial charge is 0.191 e. The van der Waals surface area contributed by atoms with Crippen LogP contribution in [-0.2, 0) is 6.42 Å². The van der Waals surface area contributed by atoms with E-state index in [1.807, 2.05) is 18.4 Å². The van der Waals surface area contributed by atoms with Crippen LogP contribution < -0.4 is 10.6 Å². The molecule has 0 atom stereocenters. The van der Waals surface area contributed by atoms with Crippen LogP contribution in [0.3, 0.4) is 0 Å². The van der Waals surface area contributed by atoms with Gasteiger partial charge in [-0.15, -0.1) is 35.3 Å². The third-order valence-electron chi connectivity index (χ3n) is 3.64. The summed E-state index contributed by atoms with van der Waals surface area (Å²) in [5.41, 5.74) is 0. The van der Waals surface area contributed by atoms with Gasteiger partial charge in [-0.05, 0) is 43.8 Å². The van der Waals surface area contributed by atoms with Crippen molar-refractivity contribution in [3.05, 3.63) is 22.4 Å². The average molecular weight is 422 g/mol. The maximum atomic E-state index is 4.27. The van der Waals surface area contributed by atoms with Crippen LogP contribution in [0.15, 0.2) is 22.5 Å². The van der Waals surface area contributed by atoms with Crippen molar-refractivity contribution in [1.29, 1.82) is 0 Å². The molecule has 0 amide bonds. The molecule has 0 saturated carbocycles. The SMILES string of the molecule is CN=C(NCCc1cccs1)NCCN1CCCCC1.I. The van der Waals surface area contributed by atoms with Gasteiger partial charge < -0.3 is 15.5 Å². The van der Waals surface area contributed by atoms with E-state index in [1.165, 1.54) is 37.2 Å². The van der Waals surface area contributed by atoms with Crippen LogP contribution in [0, 0.1) is 0 Å². The molecule has 1 aromatic heterocycles. The highest BCUT2D eigenvalue weighted by molar-refractivity contribution is 14.0. The summed E-state index contributed by atoms with van der Waals surface area (Å²) in [7, 11) is 1.83. The number of thiophene rings is 1. The lowest BCUT2D eigenvalue weighted by atomic mass is 10.1. The van der Waals surface area contributed by atoms with Crippen LogP contribution in [0.4, 0.5) is 0 Å². The number of hydrogen-bond donors (Lipinski definition) is 2. The topological polar surface area (TPSA) is 39.7 Å². The molecule has 1 saturated heterocycles. The van der Waals surface area contributed by atoms with Gasteiger partial charge in [-0.1, -0.05) is 12.5 Å². The van der Waals surface area contributed by atoms with Gasteiger partial charge in [-0.3, -0.25) is 4.99 Å². The van der Waals surface area contributed by atoms with Crippen molar-refractivity contribution in [2.75, 3.05) is 39.8 Å². The highest BCUT2D eigenvalue weighted by Crippen LogP contribution is 2.08. The summed E-state index contributed by atoms with van der Waals surface area (Å²) in [6, 6.07) is 4.28. The monoisotopic (exact) mass is 422 g/mol. The Morgan fingerprint density at radius 1 is 1.24 bits per heavy atom. The number of aliphatic imine (C=N–C) groups is 1. The summed E-state index contributed by atoms with van der Waals surface area (Å²) in [6.07, 6.45) is 5.17. The van der Waals surface area contributed by atoms with Gasteiger partial charge in [0, 0.05) is 31.6 Å². The molecule has 4 nitrogen and oxygen atoms in total. The molecule has 0 radical (unpaired) electrons. The molecule has 1 aliphatic heterocycles. The standard InChI is InChI=1S/C15H26N4S.HI/c1-16-15(17-8-7-14-6-5-13-20-14)18-9-12-19-10-3-2-4-11-19;/h5-6,13H,2-4,7-12H2,1H3,(H2,16,17,18);1H. The Labute approximate surface area is 149 Å². The first-order valence-electron chi connectivity index (χ1n) is 7.58. The minimum Gasteiger partial charge on any atom is -0.356 e. The largest absolute Gasteiger partial charge is 0.356 e. The Morgan fingerprint density at radius 2 is 2.00 bits per heavy atom. The summed E-state index contributed by atoms with van der Waals surface area (Å²) < 4.78 is 0. The van der Waals surface area contributed by atoms with Crippen molar-refractivity contribution in [1.82, 2.24) is 15.5 Å². The van der Waals surface area contributed by atoms with E-state index in [0.29, 0.717) is 0 Å². The normalized spacial score (nSPS) is 16.3. The van der Waals surface area contributed by atoms with Crippen molar-refractivity contribution in [2.45, 2.75) is 25.7 Å². The Balaban J connectivity index is 0.00000220. The third-order valence-corrected chi connectivity index (χ3v) is 4.57. The third kappa shape index (κ3) is 7.46. The Morgan fingerprint density at radius 3 is 2.67 bits per heavy atom. The Hall–Kier alpha value is -0.340. The minimum atomic E-state index is 0. The molecule has 1 fully saturated rings. The summed E-state index contributed by atoms with van der Waals surface area (Å²) in [5.74, 6) is 0.915. The fourth-order valence-corrected chi connectivity index (χ4v) is 3.20. The highest BCUT2D eigenvalue weighted by Gasteiger charge is 2.09. The van der Waals surface area contributed by atoms with Gasteiger partial charge in [-0.25, -0.2) is 0 Å². The van der Waals surface area contributed by atoms with Gasteiger partial charge in [0.15, 0.2) is 5.96 Å². The van der Waals surface area contributed by atoms with Crippen LogP contribution in [-0.4, -0.2) is 50.6 Å². The van der Waals surface area contributed by atoms with Crippen molar-refractivity contribution < 1.29 is 0 Å². The predicted octanol–water partition coefficient (Wildman–Crippen LogP) is 2.56. The van der Waals surface area contributed by atoms with E-state index in [9.17, 15) is 0 Å². The zero-order valence-corrected chi connectivity index (χ0v) is 16.0. The van der Waals surface area contributed by atoms with Gasteiger partial charge in [-0.2, -0.15) is 0 Å². The molecule has 0 aromatic carbocycles. The number of likely N-dealkylation sites (tertiary alicyclic amines) is 1. The van der Waals surface area contributed by atoms with E-state index in [4.69, 9.17) is 0 Å². The molecular formula is C15H27IN4S. The van der Waals surface area contributed by atoms with Crippen molar-refractivity contribution in [3.8, 4) is 0 Å². The number of piperidine rings is 1. The van der Waals surface area contributed by atoms with E-state index in [1.54, 1.807) is 0 Å². The van der Waals surface area contributed by atoms with E-state index >= 15 is 0 Å². The van der Waals surface area contributed by atoms with Gasteiger partial charge in [0.25, 0.3) is 0 Å². The molecule has 2 N–H and O–H groups in total.